The monoisotopic (exact) mass is 302 g/mol. The summed E-state index contributed by atoms with van der Waals surface area (Å²) >= 11 is 3.25. The van der Waals surface area contributed by atoms with Gasteiger partial charge in [-0.2, -0.15) is 0 Å². The van der Waals surface area contributed by atoms with Crippen LogP contribution in [-0.2, 0) is 4.79 Å². The average Bonchev–Trinajstić information content (AvgIpc) is 2.31. The Bertz CT molecular complexity index is 481. The van der Waals surface area contributed by atoms with Gasteiger partial charge in [0.05, 0.1) is 18.7 Å². The topological polar surface area (TPSA) is 72.8 Å². The minimum absolute atomic E-state index is 0.0713. The molecule has 0 spiro atoms. The number of rotatable bonds is 4. The maximum atomic E-state index is 11.5. The van der Waals surface area contributed by atoms with Crippen molar-refractivity contribution in [3.63, 3.8) is 0 Å². The minimum atomic E-state index is -1.51. The smallest absolute Gasteiger partial charge is 0.377 e. The first-order valence-corrected chi connectivity index (χ1v) is 5.42. The van der Waals surface area contributed by atoms with Crippen LogP contribution in [0.4, 0.5) is 0 Å². The number of benzene rings is 1. The van der Waals surface area contributed by atoms with E-state index in [4.69, 9.17) is 14.6 Å². The molecule has 0 heterocycles. The van der Waals surface area contributed by atoms with Crippen molar-refractivity contribution in [2.24, 2.45) is 0 Å². The van der Waals surface area contributed by atoms with E-state index < -0.39 is 11.8 Å². The summed E-state index contributed by atoms with van der Waals surface area (Å²) in [6.07, 6.45) is 0. The molecule has 0 aliphatic carbocycles. The summed E-state index contributed by atoms with van der Waals surface area (Å²) in [5.41, 5.74) is 0.567. The van der Waals surface area contributed by atoms with Crippen LogP contribution in [0.2, 0.25) is 0 Å². The lowest BCUT2D eigenvalue weighted by atomic mass is 10.0. The fourth-order valence-electron chi connectivity index (χ4n) is 1.39. The van der Waals surface area contributed by atoms with E-state index in [1.54, 1.807) is 6.92 Å². The van der Waals surface area contributed by atoms with Crippen LogP contribution in [-0.4, -0.2) is 31.1 Å². The van der Waals surface area contributed by atoms with Gasteiger partial charge >= 0.3 is 5.97 Å². The van der Waals surface area contributed by atoms with E-state index in [1.165, 1.54) is 20.3 Å². The molecule has 0 unspecified atom stereocenters. The van der Waals surface area contributed by atoms with Gasteiger partial charge < -0.3 is 14.6 Å². The minimum Gasteiger partial charge on any atom is -0.493 e. The summed E-state index contributed by atoms with van der Waals surface area (Å²) in [6.45, 7) is 1.63. The van der Waals surface area contributed by atoms with E-state index in [9.17, 15) is 9.59 Å². The number of carbonyl (C=O) groups is 2. The van der Waals surface area contributed by atoms with Crippen molar-refractivity contribution in [3.05, 3.63) is 21.7 Å². The van der Waals surface area contributed by atoms with Crippen LogP contribution in [0, 0.1) is 6.92 Å². The molecule has 6 heteroatoms. The molecule has 0 atom stereocenters. The van der Waals surface area contributed by atoms with Gasteiger partial charge in [0.25, 0.3) is 5.78 Å². The molecule has 1 rings (SSSR count). The fourth-order valence-corrected chi connectivity index (χ4v) is 1.97. The van der Waals surface area contributed by atoms with Crippen LogP contribution >= 0.6 is 15.9 Å². The number of carboxylic acid groups (broad SMARTS) is 1. The first kappa shape index (κ1) is 13.5. The van der Waals surface area contributed by atoms with Crippen molar-refractivity contribution in [2.75, 3.05) is 14.2 Å². The Hall–Kier alpha value is -1.56. The summed E-state index contributed by atoms with van der Waals surface area (Å²) in [5, 5.41) is 8.70. The Kier molecular flexibility index (Phi) is 4.11. The maximum Gasteiger partial charge on any atom is 0.377 e. The van der Waals surface area contributed by atoms with Gasteiger partial charge in [0.15, 0.2) is 11.5 Å². The Morgan fingerprint density at radius 1 is 1.29 bits per heavy atom. The zero-order valence-corrected chi connectivity index (χ0v) is 11.1. The number of Topliss-reactive ketones (excluding diaryl/α,β-unsaturated/α-hetero) is 1. The quantitative estimate of drug-likeness (QED) is 0.680. The molecule has 5 nitrogen and oxygen atoms in total. The molecule has 17 heavy (non-hydrogen) atoms. The lowest BCUT2D eigenvalue weighted by molar-refractivity contribution is -0.131. The molecular formula is C11H11BrO5. The fraction of sp³-hybridized carbons (Fsp3) is 0.273. The molecule has 0 fully saturated rings. The Labute approximate surface area is 106 Å². The molecule has 0 amide bonds. The molecule has 92 valence electrons. The van der Waals surface area contributed by atoms with Crippen molar-refractivity contribution in [1.82, 2.24) is 0 Å². The van der Waals surface area contributed by atoms with Gasteiger partial charge in [-0.1, -0.05) is 0 Å². The molecule has 1 aromatic rings. The lowest BCUT2D eigenvalue weighted by Gasteiger charge is -2.13. The highest BCUT2D eigenvalue weighted by Crippen LogP contribution is 2.39. The maximum absolute atomic E-state index is 11.5. The molecule has 0 radical (unpaired) electrons. The van der Waals surface area contributed by atoms with Crippen molar-refractivity contribution in [3.8, 4) is 11.5 Å². The zero-order chi connectivity index (χ0) is 13.2. The standard InChI is InChI=1S/C11H11BrO5/c1-5-6(9(13)11(14)15)4-7(16-2)10(17-3)8(5)12/h4H,1-3H3,(H,14,15). The largest absolute Gasteiger partial charge is 0.493 e. The van der Waals surface area contributed by atoms with Crippen molar-refractivity contribution < 1.29 is 24.2 Å². The third kappa shape index (κ3) is 2.41. The molecular weight excluding hydrogens is 292 g/mol. The van der Waals surface area contributed by atoms with Gasteiger partial charge in [-0.15, -0.1) is 0 Å². The van der Waals surface area contributed by atoms with E-state index in [-0.39, 0.29) is 5.56 Å². The Balaban J connectivity index is 3.50. The number of carboxylic acids is 1. The molecule has 0 saturated heterocycles. The molecule has 0 saturated carbocycles. The van der Waals surface area contributed by atoms with Gasteiger partial charge in [-0.25, -0.2) is 4.79 Å². The van der Waals surface area contributed by atoms with E-state index in [2.05, 4.69) is 15.9 Å². The lowest BCUT2D eigenvalue weighted by Crippen LogP contribution is -2.14. The average molecular weight is 303 g/mol. The van der Waals surface area contributed by atoms with Crippen LogP contribution in [0.25, 0.3) is 0 Å². The van der Waals surface area contributed by atoms with Crippen LogP contribution < -0.4 is 9.47 Å². The molecule has 0 aliphatic rings. The third-order valence-electron chi connectivity index (χ3n) is 2.29. The van der Waals surface area contributed by atoms with Gasteiger partial charge in [0, 0.05) is 5.56 Å². The normalized spacial score (nSPS) is 9.88. The van der Waals surface area contributed by atoms with Gasteiger partial charge in [0.1, 0.15) is 0 Å². The Morgan fingerprint density at radius 3 is 2.29 bits per heavy atom. The number of halogens is 1. The molecule has 0 aromatic heterocycles. The molecule has 1 N–H and O–H groups in total. The number of ketones is 1. The first-order valence-electron chi connectivity index (χ1n) is 4.62. The number of methoxy groups -OCH3 is 2. The van der Waals surface area contributed by atoms with Gasteiger partial charge in [-0.05, 0) is 34.5 Å². The summed E-state index contributed by atoms with van der Waals surface area (Å²) in [4.78, 5) is 22.1. The number of carbonyl (C=O) groups excluding carboxylic acids is 1. The summed E-state index contributed by atoms with van der Waals surface area (Å²) in [7, 11) is 2.87. The van der Waals surface area contributed by atoms with E-state index in [0.29, 0.717) is 21.5 Å². The summed E-state index contributed by atoms with van der Waals surface area (Å²) in [6, 6.07) is 1.36. The van der Waals surface area contributed by atoms with Crippen molar-refractivity contribution in [1.29, 1.82) is 0 Å². The molecule has 1 aromatic carbocycles. The van der Waals surface area contributed by atoms with E-state index >= 15 is 0 Å². The highest BCUT2D eigenvalue weighted by atomic mass is 79.9. The predicted octanol–water partition coefficient (Wildman–Crippen LogP) is 2.04. The van der Waals surface area contributed by atoms with Crippen LogP contribution in [0.5, 0.6) is 11.5 Å². The summed E-state index contributed by atoms with van der Waals surface area (Å²) in [5.74, 6) is -1.77. The predicted molar refractivity (Wildman–Crippen MR) is 63.9 cm³/mol. The summed E-state index contributed by atoms with van der Waals surface area (Å²) < 4.78 is 10.7. The SMILES string of the molecule is COc1cc(C(=O)C(=O)O)c(C)c(Br)c1OC. The van der Waals surface area contributed by atoms with Crippen molar-refractivity contribution >= 4 is 27.7 Å². The number of aliphatic carboxylic acids is 1. The van der Waals surface area contributed by atoms with E-state index in [1.807, 2.05) is 0 Å². The highest BCUT2D eigenvalue weighted by Gasteiger charge is 2.23. The van der Waals surface area contributed by atoms with Gasteiger partial charge in [0.2, 0.25) is 0 Å². The van der Waals surface area contributed by atoms with Crippen LogP contribution in [0.3, 0.4) is 0 Å². The number of ether oxygens (including phenoxy) is 2. The Morgan fingerprint density at radius 2 is 1.88 bits per heavy atom. The molecule has 0 bridgehead atoms. The number of hydrogen-bond donors (Lipinski definition) is 1. The highest BCUT2D eigenvalue weighted by molar-refractivity contribution is 9.10. The van der Waals surface area contributed by atoms with Crippen molar-refractivity contribution in [2.45, 2.75) is 6.92 Å². The van der Waals surface area contributed by atoms with E-state index in [0.717, 1.165) is 0 Å². The van der Waals surface area contributed by atoms with Gasteiger partial charge in [-0.3, -0.25) is 4.79 Å². The second-order valence-electron chi connectivity index (χ2n) is 3.23. The second-order valence-corrected chi connectivity index (χ2v) is 4.03. The first-order chi connectivity index (χ1) is 7.93. The van der Waals surface area contributed by atoms with Crippen LogP contribution in [0.1, 0.15) is 15.9 Å². The zero-order valence-electron chi connectivity index (χ0n) is 9.54. The molecule has 0 aliphatic heterocycles. The van der Waals surface area contributed by atoms with Crippen LogP contribution in [0.15, 0.2) is 10.5 Å². The second kappa shape index (κ2) is 5.18. The number of hydrogen-bond acceptors (Lipinski definition) is 4. The third-order valence-corrected chi connectivity index (χ3v) is 3.25.